The summed E-state index contributed by atoms with van der Waals surface area (Å²) < 4.78 is 5.43. The molecule has 4 rings (SSSR count). The quantitative estimate of drug-likeness (QED) is 0.862. The number of likely N-dealkylation sites (tertiary alicyclic amines) is 1. The molecule has 24 heavy (non-hydrogen) atoms. The van der Waals surface area contributed by atoms with Crippen LogP contribution in [-0.2, 0) is 11.3 Å². The molecule has 2 heterocycles. The fourth-order valence-corrected chi connectivity index (χ4v) is 4.81. The van der Waals surface area contributed by atoms with Gasteiger partial charge in [-0.1, -0.05) is 30.3 Å². The normalized spacial score (nSPS) is 31.4. The van der Waals surface area contributed by atoms with Gasteiger partial charge in [0.25, 0.3) is 0 Å². The Labute approximate surface area is 146 Å². The number of benzene rings is 1. The van der Waals surface area contributed by atoms with Gasteiger partial charge in [0.1, 0.15) is 0 Å². The summed E-state index contributed by atoms with van der Waals surface area (Å²) in [4.78, 5) is 5.19. The van der Waals surface area contributed by atoms with E-state index in [9.17, 15) is 0 Å². The van der Waals surface area contributed by atoms with Crippen LogP contribution in [0.2, 0.25) is 0 Å². The summed E-state index contributed by atoms with van der Waals surface area (Å²) in [5.41, 5.74) is 1.45. The minimum absolute atomic E-state index is 0.733. The summed E-state index contributed by atoms with van der Waals surface area (Å²) in [5, 5.41) is 3.88. The van der Waals surface area contributed by atoms with Crippen LogP contribution in [-0.4, -0.2) is 68.3 Å². The lowest BCUT2D eigenvalue weighted by atomic mass is 9.98. The Balaban J connectivity index is 1.22. The highest BCUT2D eigenvalue weighted by atomic mass is 16.5. The second-order valence-corrected chi connectivity index (χ2v) is 7.70. The number of nitrogens with one attached hydrogen (secondary N) is 1. The van der Waals surface area contributed by atoms with Gasteiger partial charge in [-0.05, 0) is 30.2 Å². The first-order chi connectivity index (χ1) is 11.9. The molecule has 4 nitrogen and oxygen atoms in total. The zero-order valence-electron chi connectivity index (χ0n) is 14.7. The van der Waals surface area contributed by atoms with Gasteiger partial charge in [-0.2, -0.15) is 0 Å². The predicted octanol–water partition coefficient (Wildman–Crippen LogP) is 1.82. The summed E-state index contributed by atoms with van der Waals surface area (Å²) >= 11 is 0. The van der Waals surface area contributed by atoms with Crippen LogP contribution in [0.3, 0.4) is 0 Å². The first kappa shape index (κ1) is 16.5. The van der Waals surface area contributed by atoms with E-state index in [1.807, 2.05) is 0 Å². The topological polar surface area (TPSA) is 27.7 Å². The molecule has 0 radical (unpaired) electrons. The molecule has 0 unspecified atom stereocenters. The zero-order valence-corrected chi connectivity index (χ0v) is 14.7. The van der Waals surface area contributed by atoms with Gasteiger partial charge in [-0.25, -0.2) is 0 Å². The average molecular weight is 329 g/mol. The lowest BCUT2D eigenvalue weighted by Crippen LogP contribution is -2.43. The number of fused-ring (bicyclic) bond motifs is 1. The minimum atomic E-state index is 0.733. The lowest BCUT2D eigenvalue weighted by Gasteiger charge is -2.28. The molecule has 1 aromatic carbocycles. The summed E-state index contributed by atoms with van der Waals surface area (Å²) in [5.74, 6) is 1.77. The first-order valence-corrected chi connectivity index (χ1v) is 9.68. The average Bonchev–Trinajstić information content (AvgIpc) is 3.18. The van der Waals surface area contributed by atoms with Gasteiger partial charge < -0.3 is 10.1 Å². The molecular formula is C20H31N3O. The van der Waals surface area contributed by atoms with Crippen molar-refractivity contribution in [1.82, 2.24) is 15.1 Å². The third kappa shape index (κ3) is 3.99. The van der Waals surface area contributed by atoms with Crippen LogP contribution in [0.15, 0.2) is 30.3 Å². The van der Waals surface area contributed by atoms with Gasteiger partial charge in [0, 0.05) is 51.9 Å². The van der Waals surface area contributed by atoms with Crippen LogP contribution in [0.5, 0.6) is 0 Å². The molecule has 1 saturated carbocycles. The molecule has 4 heteroatoms. The van der Waals surface area contributed by atoms with Crippen molar-refractivity contribution in [2.24, 2.45) is 11.8 Å². The summed E-state index contributed by atoms with van der Waals surface area (Å²) in [7, 11) is 0. The van der Waals surface area contributed by atoms with E-state index in [2.05, 4.69) is 45.4 Å². The van der Waals surface area contributed by atoms with E-state index in [1.54, 1.807) is 0 Å². The Bertz CT molecular complexity index is 503. The van der Waals surface area contributed by atoms with Crippen LogP contribution in [0.1, 0.15) is 18.4 Å². The Hall–Kier alpha value is -0.940. The molecule has 1 N–H and O–H groups in total. The zero-order chi connectivity index (χ0) is 16.2. The van der Waals surface area contributed by atoms with Crippen molar-refractivity contribution in [3.05, 3.63) is 35.9 Å². The summed E-state index contributed by atoms with van der Waals surface area (Å²) in [6, 6.07) is 11.7. The number of hydrogen-bond acceptors (Lipinski definition) is 4. The van der Waals surface area contributed by atoms with E-state index in [0.29, 0.717) is 0 Å². The van der Waals surface area contributed by atoms with Crippen LogP contribution < -0.4 is 5.32 Å². The molecule has 3 atom stereocenters. The third-order valence-electron chi connectivity index (χ3n) is 6.12. The molecule has 2 aliphatic heterocycles. The van der Waals surface area contributed by atoms with Crippen molar-refractivity contribution in [3.8, 4) is 0 Å². The molecule has 0 bridgehead atoms. The number of hydrogen-bond donors (Lipinski definition) is 1. The molecule has 1 aliphatic carbocycles. The second kappa shape index (κ2) is 7.96. The van der Waals surface area contributed by atoms with Crippen molar-refractivity contribution in [3.63, 3.8) is 0 Å². The predicted molar refractivity (Wildman–Crippen MR) is 97.0 cm³/mol. The Morgan fingerprint density at radius 1 is 1.00 bits per heavy atom. The number of rotatable bonds is 6. The molecule has 0 amide bonds. The molecule has 3 aliphatic rings. The van der Waals surface area contributed by atoms with Crippen molar-refractivity contribution in [2.75, 3.05) is 52.5 Å². The maximum Gasteiger partial charge on any atom is 0.0594 e. The van der Waals surface area contributed by atoms with Gasteiger partial charge in [-0.15, -0.1) is 0 Å². The highest BCUT2D eigenvalue weighted by Gasteiger charge is 2.42. The second-order valence-electron chi connectivity index (χ2n) is 7.70. The van der Waals surface area contributed by atoms with Crippen LogP contribution in [0.4, 0.5) is 0 Å². The molecule has 0 spiro atoms. The summed E-state index contributed by atoms with van der Waals surface area (Å²) in [6.45, 7) is 10.00. The largest absolute Gasteiger partial charge is 0.379 e. The smallest absolute Gasteiger partial charge is 0.0594 e. The Kier molecular flexibility index (Phi) is 5.48. The maximum absolute atomic E-state index is 5.43. The molecule has 132 valence electrons. The van der Waals surface area contributed by atoms with E-state index in [1.165, 1.54) is 38.0 Å². The molecule has 1 aromatic rings. The van der Waals surface area contributed by atoms with E-state index < -0.39 is 0 Å². The van der Waals surface area contributed by atoms with E-state index in [0.717, 1.165) is 57.3 Å². The van der Waals surface area contributed by atoms with Gasteiger partial charge in [0.05, 0.1) is 13.2 Å². The van der Waals surface area contributed by atoms with E-state index in [4.69, 9.17) is 4.74 Å². The van der Waals surface area contributed by atoms with Crippen molar-refractivity contribution < 1.29 is 4.74 Å². The van der Waals surface area contributed by atoms with Gasteiger partial charge >= 0.3 is 0 Å². The van der Waals surface area contributed by atoms with Gasteiger partial charge in [-0.3, -0.25) is 9.80 Å². The van der Waals surface area contributed by atoms with Crippen molar-refractivity contribution >= 4 is 0 Å². The number of ether oxygens (including phenoxy) is 1. The molecule has 0 aromatic heterocycles. The molecule has 2 saturated heterocycles. The van der Waals surface area contributed by atoms with Crippen LogP contribution in [0, 0.1) is 11.8 Å². The van der Waals surface area contributed by atoms with Crippen LogP contribution >= 0.6 is 0 Å². The minimum Gasteiger partial charge on any atom is -0.379 e. The Morgan fingerprint density at radius 2 is 1.83 bits per heavy atom. The van der Waals surface area contributed by atoms with Crippen molar-refractivity contribution in [1.29, 1.82) is 0 Å². The van der Waals surface area contributed by atoms with Crippen LogP contribution in [0.25, 0.3) is 0 Å². The monoisotopic (exact) mass is 329 g/mol. The van der Waals surface area contributed by atoms with Gasteiger partial charge in [0.2, 0.25) is 0 Å². The van der Waals surface area contributed by atoms with Crippen molar-refractivity contribution in [2.45, 2.75) is 25.4 Å². The third-order valence-corrected chi connectivity index (χ3v) is 6.12. The lowest BCUT2D eigenvalue weighted by molar-refractivity contribution is 0.0379. The number of nitrogens with zero attached hydrogens (tertiary/aromatic N) is 2. The van der Waals surface area contributed by atoms with Gasteiger partial charge in [0.15, 0.2) is 0 Å². The SMILES string of the molecule is c1ccc(CN2C[C@@H]3CC[C@@H](NCCN4CCOCC4)[C@@H]3C2)cc1. The molecule has 3 fully saturated rings. The molecular weight excluding hydrogens is 298 g/mol. The first-order valence-electron chi connectivity index (χ1n) is 9.68. The Morgan fingerprint density at radius 3 is 2.67 bits per heavy atom. The fourth-order valence-electron chi connectivity index (χ4n) is 4.81. The highest BCUT2D eigenvalue weighted by Crippen LogP contribution is 2.38. The summed E-state index contributed by atoms with van der Waals surface area (Å²) in [6.07, 6.45) is 2.78. The fraction of sp³-hybridized carbons (Fsp3) is 0.700. The van der Waals surface area contributed by atoms with E-state index >= 15 is 0 Å². The standard InChI is InChI=1S/C20H31N3O/c1-2-4-17(5-3-1)14-23-15-18-6-7-20(19(18)16-23)21-8-9-22-10-12-24-13-11-22/h1-5,18-21H,6-16H2/t18-,19+,20+/m0/s1. The number of morpholine rings is 1. The van der Waals surface area contributed by atoms with E-state index in [-0.39, 0.29) is 0 Å². The highest BCUT2D eigenvalue weighted by molar-refractivity contribution is 5.15. The maximum atomic E-state index is 5.43.